The average Bonchev–Trinajstić information content (AvgIpc) is 2.92. The lowest BCUT2D eigenvalue weighted by atomic mass is 9.86. The van der Waals surface area contributed by atoms with Crippen LogP contribution in [0.5, 0.6) is 5.75 Å². The summed E-state index contributed by atoms with van der Waals surface area (Å²) in [4.78, 5) is 26.1. The lowest BCUT2D eigenvalue weighted by molar-refractivity contribution is 0.0669. The van der Waals surface area contributed by atoms with E-state index in [1.54, 1.807) is 24.0 Å². The predicted octanol–water partition coefficient (Wildman–Crippen LogP) is 5.06. The van der Waals surface area contributed by atoms with Crippen LogP contribution in [0.3, 0.4) is 0 Å². The molecular weight excluding hydrogens is 500 g/mol. The van der Waals surface area contributed by atoms with E-state index in [-0.39, 0.29) is 11.9 Å². The molecule has 3 aromatic rings. The number of pyridine rings is 2. The van der Waals surface area contributed by atoms with E-state index >= 15 is 0 Å². The number of carbonyl (C=O) groups is 1. The summed E-state index contributed by atoms with van der Waals surface area (Å²) in [7, 11) is 1.86. The fourth-order valence-electron chi connectivity index (χ4n) is 5.02. The van der Waals surface area contributed by atoms with Crippen LogP contribution < -0.4 is 4.74 Å². The highest BCUT2D eigenvalue weighted by atomic mass is 19.1. The van der Waals surface area contributed by atoms with E-state index in [2.05, 4.69) is 16.0 Å². The molecule has 1 amide bonds. The van der Waals surface area contributed by atoms with Crippen molar-refractivity contribution in [3.05, 3.63) is 76.1 Å². The normalized spacial score (nSPS) is 13.8. The SMILES string of the molecule is CCOc1cc([C@H](C)N2CCc3c(cc(CCN(C)CCF)cc3-c3ccc(F)nc3C)C2=O)ncc1C#N. The number of carbonyl (C=O) groups excluding carboxylic acids is 1. The summed E-state index contributed by atoms with van der Waals surface area (Å²) >= 11 is 0. The minimum absolute atomic E-state index is 0.124. The molecule has 39 heavy (non-hydrogen) atoms. The first-order valence-corrected chi connectivity index (χ1v) is 13.1. The van der Waals surface area contributed by atoms with E-state index in [4.69, 9.17) is 4.74 Å². The molecule has 1 atom stereocenters. The molecule has 7 nitrogen and oxygen atoms in total. The summed E-state index contributed by atoms with van der Waals surface area (Å²) in [6, 6.07) is 10.5. The summed E-state index contributed by atoms with van der Waals surface area (Å²) in [5.74, 6) is -0.227. The van der Waals surface area contributed by atoms with Gasteiger partial charge in [0, 0.05) is 48.7 Å². The molecule has 0 bridgehead atoms. The number of rotatable bonds is 10. The highest BCUT2D eigenvalue weighted by Gasteiger charge is 2.32. The smallest absolute Gasteiger partial charge is 0.254 e. The highest BCUT2D eigenvalue weighted by molar-refractivity contribution is 5.99. The zero-order valence-corrected chi connectivity index (χ0v) is 22.8. The average molecular weight is 534 g/mol. The fourth-order valence-corrected chi connectivity index (χ4v) is 5.02. The van der Waals surface area contributed by atoms with Crippen molar-refractivity contribution in [3.8, 4) is 22.9 Å². The molecule has 2 aromatic heterocycles. The van der Waals surface area contributed by atoms with Crippen molar-refractivity contribution in [2.75, 3.05) is 40.0 Å². The van der Waals surface area contributed by atoms with Gasteiger partial charge < -0.3 is 14.5 Å². The van der Waals surface area contributed by atoms with Crippen molar-refractivity contribution >= 4 is 5.91 Å². The molecule has 3 heterocycles. The molecule has 1 aliphatic rings. The maximum absolute atomic E-state index is 14.0. The van der Waals surface area contributed by atoms with E-state index < -0.39 is 12.6 Å². The number of benzene rings is 1. The van der Waals surface area contributed by atoms with Gasteiger partial charge in [0.05, 0.1) is 18.3 Å². The molecule has 0 N–H and O–H groups in total. The number of alkyl halides is 1. The van der Waals surface area contributed by atoms with Crippen LogP contribution in [0.4, 0.5) is 8.78 Å². The van der Waals surface area contributed by atoms with Gasteiger partial charge in [-0.3, -0.25) is 9.78 Å². The molecule has 0 saturated carbocycles. The number of nitrogens with zero attached hydrogens (tertiary/aromatic N) is 5. The maximum Gasteiger partial charge on any atom is 0.254 e. The number of hydrogen-bond acceptors (Lipinski definition) is 6. The van der Waals surface area contributed by atoms with Gasteiger partial charge in [0.15, 0.2) is 0 Å². The Labute approximate surface area is 228 Å². The first-order chi connectivity index (χ1) is 18.8. The highest BCUT2D eigenvalue weighted by Crippen LogP contribution is 2.36. The zero-order valence-electron chi connectivity index (χ0n) is 22.8. The topological polar surface area (TPSA) is 82.3 Å². The van der Waals surface area contributed by atoms with E-state index in [9.17, 15) is 18.8 Å². The van der Waals surface area contributed by atoms with Crippen molar-refractivity contribution in [3.63, 3.8) is 0 Å². The largest absolute Gasteiger partial charge is 0.492 e. The Morgan fingerprint density at radius 2 is 1.97 bits per heavy atom. The van der Waals surface area contributed by atoms with Crippen molar-refractivity contribution in [2.24, 2.45) is 0 Å². The number of likely N-dealkylation sites (N-methyl/N-ethyl adjacent to an activating group) is 1. The Morgan fingerprint density at radius 1 is 1.21 bits per heavy atom. The van der Waals surface area contributed by atoms with Crippen LogP contribution in [-0.2, 0) is 12.8 Å². The van der Waals surface area contributed by atoms with E-state index in [1.165, 1.54) is 12.3 Å². The molecule has 1 aliphatic heterocycles. The van der Waals surface area contributed by atoms with Gasteiger partial charge in [-0.25, -0.2) is 9.37 Å². The fraction of sp³-hybridized carbons (Fsp3) is 0.400. The lowest BCUT2D eigenvalue weighted by Gasteiger charge is -2.35. The van der Waals surface area contributed by atoms with Crippen LogP contribution in [0, 0.1) is 24.2 Å². The number of hydrogen-bond donors (Lipinski definition) is 0. The molecule has 0 fully saturated rings. The molecule has 9 heteroatoms. The Hall–Kier alpha value is -3.90. The molecule has 0 saturated heterocycles. The third kappa shape index (κ3) is 6.07. The summed E-state index contributed by atoms with van der Waals surface area (Å²) in [5, 5.41) is 9.38. The van der Waals surface area contributed by atoms with Gasteiger partial charge in [0.1, 0.15) is 24.1 Å². The third-order valence-corrected chi connectivity index (χ3v) is 7.20. The number of amides is 1. The second-order valence-corrected chi connectivity index (χ2v) is 9.75. The Bertz CT molecular complexity index is 1400. The second kappa shape index (κ2) is 12.3. The predicted molar refractivity (Wildman–Crippen MR) is 145 cm³/mol. The van der Waals surface area contributed by atoms with Gasteiger partial charge >= 0.3 is 0 Å². The monoisotopic (exact) mass is 533 g/mol. The molecule has 0 radical (unpaired) electrons. The first-order valence-electron chi connectivity index (χ1n) is 13.1. The number of halogens is 2. The number of aryl methyl sites for hydroxylation is 1. The minimum atomic E-state index is -0.550. The number of fused-ring (bicyclic) bond motifs is 1. The van der Waals surface area contributed by atoms with Crippen molar-refractivity contribution in [1.82, 2.24) is 19.8 Å². The van der Waals surface area contributed by atoms with Gasteiger partial charge in [-0.15, -0.1) is 0 Å². The van der Waals surface area contributed by atoms with Crippen molar-refractivity contribution in [1.29, 1.82) is 5.26 Å². The molecule has 204 valence electrons. The second-order valence-electron chi connectivity index (χ2n) is 9.75. The third-order valence-electron chi connectivity index (χ3n) is 7.20. The van der Waals surface area contributed by atoms with Gasteiger partial charge in [0.25, 0.3) is 5.91 Å². The molecule has 4 rings (SSSR count). The molecule has 0 spiro atoms. The molecular formula is C30H33F2N5O2. The van der Waals surface area contributed by atoms with Crippen LogP contribution in [0.25, 0.3) is 11.1 Å². The minimum Gasteiger partial charge on any atom is -0.492 e. The summed E-state index contributed by atoms with van der Waals surface area (Å²) in [6.07, 6.45) is 2.71. The molecule has 0 aliphatic carbocycles. The Balaban J connectivity index is 1.73. The Morgan fingerprint density at radius 3 is 2.67 bits per heavy atom. The van der Waals surface area contributed by atoms with Crippen LogP contribution in [0.2, 0.25) is 0 Å². The zero-order chi connectivity index (χ0) is 28.1. The van der Waals surface area contributed by atoms with Gasteiger partial charge in [-0.1, -0.05) is 6.07 Å². The first kappa shape index (κ1) is 28.1. The maximum atomic E-state index is 14.0. The van der Waals surface area contributed by atoms with E-state index in [1.807, 2.05) is 37.9 Å². The quantitative estimate of drug-likeness (QED) is 0.339. The van der Waals surface area contributed by atoms with E-state index in [0.29, 0.717) is 67.3 Å². The van der Waals surface area contributed by atoms with Gasteiger partial charge in [0.2, 0.25) is 5.95 Å². The lowest BCUT2D eigenvalue weighted by Crippen LogP contribution is -2.40. The van der Waals surface area contributed by atoms with Crippen LogP contribution >= 0.6 is 0 Å². The van der Waals surface area contributed by atoms with Gasteiger partial charge in [-0.05, 0) is 75.5 Å². The summed E-state index contributed by atoms with van der Waals surface area (Å²) in [5.41, 5.74) is 5.64. The van der Waals surface area contributed by atoms with Crippen molar-refractivity contribution in [2.45, 2.75) is 39.7 Å². The standard InChI is InChI=1S/C30H33F2N5O2/c1-5-39-28-16-27(34-18-22(28)17-33)20(3)37-12-9-24-25(23-6-7-29(32)35-19(23)2)14-21(15-26(24)30(37)38)8-11-36(4)13-10-31/h6-7,14-16,18,20H,5,8-13H2,1-4H3/t20-/m0/s1. The molecule has 0 unspecified atom stereocenters. The summed E-state index contributed by atoms with van der Waals surface area (Å²) < 4.78 is 32.3. The summed E-state index contributed by atoms with van der Waals surface area (Å²) in [6.45, 7) is 6.95. The molecule has 1 aromatic carbocycles. The van der Waals surface area contributed by atoms with Gasteiger partial charge in [-0.2, -0.15) is 9.65 Å². The van der Waals surface area contributed by atoms with Crippen LogP contribution in [0.15, 0.2) is 36.5 Å². The number of nitriles is 1. The Kier molecular flexibility index (Phi) is 8.87. The van der Waals surface area contributed by atoms with E-state index in [0.717, 1.165) is 22.3 Å². The number of aromatic nitrogens is 2. The van der Waals surface area contributed by atoms with Crippen molar-refractivity contribution < 1.29 is 18.3 Å². The van der Waals surface area contributed by atoms with Crippen LogP contribution in [-0.4, -0.2) is 65.6 Å². The van der Waals surface area contributed by atoms with Crippen LogP contribution in [0.1, 0.15) is 58.3 Å². The number of ether oxygens (including phenoxy) is 1.